The molecule has 0 unspecified atom stereocenters. The zero-order chi connectivity index (χ0) is 13.8. The molecule has 3 nitrogen and oxygen atoms in total. The Bertz CT molecular complexity index is 449. The molecule has 0 spiro atoms. The number of anilines is 1. The van der Waals surface area contributed by atoms with Crippen molar-refractivity contribution in [1.29, 1.82) is 0 Å². The largest absolute Gasteiger partial charge is 0.369 e. The quantitative estimate of drug-likeness (QED) is 0.916. The third-order valence-electron chi connectivity index (χ3n) is 3.49. The first kappa shape index (κ1) is 14.5. The van der Waals surface area contributed by atoms with Crippen LogP contribution in [0.25, 0.3) is 0 Å². The molecule has 0 aliphatic carbocycles. The van der Waals surface area contributed by atoms with Crippen LogP contribution in [0.15, 0.2) is 18.2 Å². The van der Waals surface area contributed by atoms with Crippen LogP contribution in [0.2, 0.25) is 0 Å². The molecular weight excluding hydrogens is 256 g/mol. The minimum Gasteiger partial charge on any atom is -0.369 e. The normalized spacial score (nSPS) is 17.2. The summed E-state index contributed by atoms with van der Waals surface area (Å²) < 4.78 is 11.4. The van der Waals surface area contributed by atoms with Gasteiger partial charge in [-0.15, -0.1) is 0 Å². The fourth-order valence-electron chi connectivity index (χ4n) is 2.38. The molecular formula is C15H24N2OS. The fourth-order valence-corrected chi connectivity index (χ4v) is 3.44. The molecule has 0 aromatic heterocycles. The summed E-state index contributed by atoms with van der Waals surface area (Å²) in [4.78, 5) is 2.36. The molecule has 1 aliphatic rings. The van der Waals surface area contributed by atoms with Crippen LogP contribution in [-0.2, 0) is 17.3 Å². The van der Waals surface area contributed by atoms with Gasteiger partial charge in [0.05, 0.1) is 0 Å². The first-order valence-corrected chi connectivity index (χ1v) is 8.48. The zero-order valence-corrected chi connectivity index (χ0v) is 12.9. The second kappa shape index (κ2) is 6.53. The Morgan fingerprint density at radius 1 is 1.32 bits per heavy atom. The van der Waals surface area contributed by atoms with Crippen LogP contribution in [-0.4, -0.2) is 34.8 Å². The summed E-state index contributed by atoms with van der Waals surface area (Å²) in [6, 6.07) is 7.18. The molecule has 0 atom stereocenters. The Hall–Kier alpha value is -0.870. The molecule has 0 saturated carbocycles. The van der Waals surface area contributed by atoms with Crippen LogP contribution >= 0.6 is 0 Å². The first-order chi connectivity index (χ1) is 9.06. The minimum atomic E-state index is -0.606. The molecule has 1 aromatic rings. The average Bonchev–Trinajstić information content (AvgIpc) is 2.38. The standard InChI is InChI=1S/C15H24N2OS/c1-12(2)16-11-14-4-5-15(13(3)10-14)17-6-8-19(18)9-7-17/h4-5,10,12,16H,6-9,11H2,1-3H3. The maximum atomic E-state index is 11.4. The Morgan fingerprint density at radius 3 is 2.58 bits per heavy atom. The van der Waals surface area contributed by atoms with Gasteiger partial charge in [-0.05, 0) is 24.1 Å². The summed E-state index contributed by atoms with van der Waals surface area (Å²) >= 11 is 0. The van der Waals surface area contributed by atoms with Crippen molar-refractivity contribution in [3.63, 3.8) is 0 Å². The van der Waals surface area contributed by atoms with Gasteiger partial charge in [0, 0.05) is 53.7 Å². The lowest BCUT2D eigenvalue weighted by Crippen LogP contribution is -2.38. The molecule has 1 aliphatic heterocycles. The Labute approximate surface area is 118 Å². The van der Waals surface area contributed by atoms with Crippen LogP contribution in [0.4, 0.5) is 5.69 Å². The van der Waals surface area contributed by atoms with E-state index < -0.39 is 10.8 Å². The van der Waals surface area contributed by atoms with E-state index in [1.807, 2.05) is 0 Å². The van der Waals surface area contributed by atoms with Gasteiger partial charge in [0.15, 0.2) is 0 Å². The van der Waals surface area contributed by atoms with E-state index in [0.717, 1.165) is 31.1 Å². The van der Waals surface area contributed by atoms with Gasteiger partial charge < -0.3 is 10.2 Å². The highest BCUT2D eigenvalue weighted by atomic mass is 32.2. The molecule has 2 rings (SSSR count). The smallest absolute Gasteiger partial charge is 0.0411 e. The van der Waals surface area contributed by atoms with E-state index in [0.29, 0.717) is 6.04 Å². The number of hydrogen-bond donors (Lipinski definition) is 1. The van der Waals surface area contributed by atoms with Crippen LogP contribution in [0.5, 0.6) is 0 Å². The summed E-state index contributed by atoms with van der Waals surface area (Å²) in [5.41, 5.74) is 3.94. The Morgan fingerprint density at radius 2 is 2.00 bits per heavy atom. The van der Waals surface area contributed by atoms with Crippen molar-refractivity contribution in [3.05, 3.63) is 29.3 Å². The van der Waals surface area contributed by atoms with Crippen molar-refractivity contribution >= 4 is 16.5 Å². The van der Waals surface area contributed by atoms with Gasteiger partial charge in [-0.25, -0.2) is 0 Å². The van der Waals surface area contributed by atoms with Crippen LogP contribution in [0, 0.1) is 6.92 Å². The fraction of sp³-hybridized carbons (Fsp3) is 0.600. The minimum absolute atomic E-state index is 0.511. The second-order valence-electron chi connectivity index (χ2n) is 5.49. The molecule has 1 saturated heterocycles. The SMILES string of the molecule is Cc1cc(CNC(C)C)ccc1N1CCS(=O)CC1. The maximum absolute atomic E-state index is 11.4. The summed E-state index contributed by atoms with van der Waals surface area (Å²) in [6.45, 7) is 9.24. The highest BCUT2D eigenvalue weighted by molar-refractivity contribution is 7.85. The number of aryl methyl sites for hydroxylation is 1. The van der Waals surface area contributed by atoms with Gasteiger partial charge in [0.2, 0.25) is 0 Å². The highest BCUT2D eigenvalue weighted by Crippen LogP contribution is 2.22. The van der Waals surface area contributed by atoms with Gasteiger partial charge >= 0.3 is 0 Å². The lowest BCUT2D eigenvalue weighted by molar-refractivity contribution is 0.588. The molecule has 19 heavy (non-hydrogen) atoms. The van der Waals surface area contributed by atoms with E-state index in [-0.39, 0.29) is 0 Å². The average molecular weight is 280 g/mol. The summed E-state index contributed by atoms with van der Waals surface area (Å²) in [5.74, 6) is 1.60. The molecule has 1 N–H and O–H groups in total. The molecule has 0 radical (unpaired) electrons. The first-order valence-electron chi connectivity index (χ1n) is 6.99. The van der Waals surface area contributed by atoms with Gasteiger partial charge in [-0.1, -0.05) is 26.0 Å². The maximum Gasteiger partial charge on any atom is 0.0411 e. The van der Waals surface area contributed by atoms with Crippen molar-refractivity contribution in [3.8, 4) is 0 Å². The van der Waals surface area contributed by atoms with Crippen LogP contribution in [0.3, 0.4) is 0 Å². The topological polar surface area (TPSA) is 32.3 Å². The lowest BCUT2D eigenvalue weighted by atomic mass is 10.1. The van der Waals surface area contributed by atoms with Gasteiger partial charge in [0.1, 0.15) is 0 Å². The predicted octanol–water partition coefficient (Wildman–Crippen LogP) is 2.06. The van der Waals surface area contributed by atoms with Crippen LogP contribution < -0.4 is 10.2 Å². The number of hydrogen-bond acceptors (Lipinski definition) is 3. The lowest BCUT2D eigenvalue weighted by Gasteiger charge is -2.30. The van der Waals surface area contributed by atoms with E-state index in [9.17, 15) is 4.21 Å². The molecule has 1 heterocycles. The van der Waals surface area contributed by atoms with Crippen LogP contribution in [0.1, 0.15) is 25.0 Å². The van der Waals surface area contributed by atoms with E-state index in [1.165, 1.54) is 16.8 Å². The molecule has 0 amide bonds. The monoisotopic (exact) mass is 280 g/mol. The van der Waals surface area contributed by atoms with E-state index in [4.69, 9.17) is 0 Å². The van der Waals surface area contributed by atoms with Gasteiger partial charge in [-0.3, -0.25) is 4.21 Å². The Balaban J connectivity index is 2.04. The zero-order valence-electron chi connectivity index (χ0n) is 12.1. The number of benzene rings is 1. The number of nitrogens with one attached hydrogen (secondary N) is 1. The molecule has 4 heteroatoms. The van der Waals surface area contributed by atoms with Crippen molar-refractivity contribution < 1.29 is 4.21 Å². The number of rotatable bonds is 4. The van der Waals surface area contributed by atoms with Gasteiger partial charge in [-0.2, -0.15) is 0 Å². The highest BCUT2D eigenvalue weighted by Gasteiger charge is 2.16. The Kier molecular flexibility index (Phi) is 4.99. The summed E-state index contributed by atoms with van der Waals surface area (Å²) in [7, 11) is -0.606. The van der Waals surface area contributed by atoms with Gasteiger partial charge in [0.25, 0.3) is 0 Å². The van der Waals surface area contributed by atoms with E-state index >= 15 is 0 Å². The predicted molar refractivity (Wildman–Crippen MR) is 83.2 cm³/mol. The number of nitrogens with zero attached hydrogens (tertiary/aromatic N) is 1. The van der Waals surface area contributed by atoms with Crippen molar-refractivity contribution in [1.82, 2.24) is 5.32 Å². The molecule has 1 aromatic carbocycles. The summed E-state index contributed by atoms with van der Waals surface area (Å²) in [5, 5.41) is 3.44. The molecule has 1 fully saturated rings. The second-order valence-corrected chi connectivity index (χ2v) is 7.19. The van der Waals surface area contributed by atoms with Crippen molar-refractivity contribution in [2.24, 2.45) is 0 Å². The summed E-state index contributed by atoms with van der Waals surface area (Å²) in [6.07, 6.45) is 0. The van der Waals surface area contributed by atoms with E-state index in [2.05, 4.69) is 49.2 Å². The molecule has 106 valence electrons. The molecule has 0 bridgehead atoms. The van der Waals surface area contributed by atoms with E-state index in [1.54, 1.807) is 0 Å². The third-order valence-corrected chi connectivity index (χ3v) is 4.77. The van der Waals surface area contributed by atoms with Crippen molar-refractivity contribution in [2.45, 2.75) is 33.4 Å². The van der Waals surface area contributed by atoms with Crippen molar-refractivity contribution in [2.75, 3.05) is 29.5 Å². The third kappa shape index (κ3) is 4.05.